The third kappa shape index (κ3) is 1.73. The van der Waals surface area contributed by atoms with Gasteiger partial charge in [0.15, 0.2) is 0 Å². The smallest absolute Gasteiger partial charge is 0.137 e. The van der Waals surface area contributed by atoms with Crippen LogP contribution in [0.3, 0.4) is 0 Å². The molecule has 19 heavy (non-hydrogen) atoms. The van der Waals surface area contributed by atoms with Gasteiger partial charge in [-0.25, -0.2) is 0 Å². The van der Waals surface area contributed by atoms with E-state index in [1.165, 1.54) is 43.8 Å². The Hall–Kier alpha value is -0.430. The molecular weight excluding hydrogens is 253 g/mol. The Balaban J connectivity index is 1.70. The Labute approximate surface area is 117 Å². The van der Waals surface area contributed by atoms with E-state index in [2.05, 4.69) is 42.0 Å². The quantitative estimate of drug-likeness (QED) is 0.725. The Morgan fingerprint density at radius 3 is 2.68 bits per heavy atom. The molecule has 3 heteroatoms. The Morgan fingerprint density at radius 2 is 1.89 bits per heavy atom. The van der Waals surface area contributed by atoms with Gasteiger partial charge in [0.1, 0.15) is 8.30 Å². The van der Waals surface area contributed by atoms with Crippen LogP contribution in [0.15, 0.2) is 30.3 Å². The van der Waals surface area contributed by atoms with E-state index >= 15 is 0 Å². The predicted octanol–water partition coefficient (Wildman–Crippen LogP) is 3.68. The van der Waals surface area contributed by atoms with Crippen LogP contribution in [0.1, 0.15) is 38.5 Å². The SMILES string of the molecule is CN1[C@@H]2CCC[C@@]23CCC[C@H]3OP1c1ccccc1. The number of benzene rings is 1. The highest BCUT2D eigenvalue weighted by molar-refractivity contribution is 7.58. The summed E-state index contributed by atoms with van der Waals surface area (Å²) in [5, 5.41) is 1.38. The monoisotopic (exact) mass is 275 g/mol. The van der Waals surface area contributed by atoms with Crippen molar-refractivity contribution < 1.29 is 4.52 Å². The fraction of sp³-hybridized carbons (Fsp3) is 0.625. The van der Waals surface area contributed by atoms with Crippen LogP contribution < -0.4 is 5.30 Å². The van der Waals surface area contributed by atoms with E-state index in [0.717, 1.165) is 6.04 Å². The van der Waals surface area contributed by atoms with E-state index in [9.17, 15) is 0 Å². The van der Waals surface area contributed by atoms with E-state index in [-0.39, 0.29) is 0 Å². The van der Waals surface area contributed by atoms with E-state index in [1.807, 2.05) is 0 Å². The van der Waals surface area contributed by atoms with Gasteiger partial charge in [0.05, 0.1) is 6.10 Å². The average molecular weight is 275 g/mol. The van der Waals surface area contributed by atoms with Crippen molar-refractivity contribution in [3.63, 3.8) is 0 Å². The molecule has 0 aromatic heterocycles. The minimum absolute atomic E-state index is 0.502. The lowest BCUT2D eigenvalue weighted by Crippen LogP contribution is -2.51. The first kappa shape index (κ1) is 12.3. The van der Waals surface area contributed by atoms with Crippen molar-refractivity contribution in [3.8, 4) is 0 Å². The number of hydrogen-bond donors (Lipinski definition) is 0. The molecule has 2 saturated carbocycles. The fourth-order valence-corrected chi connectivity index (χ4v) is 6.86. The number of hydrogen-bond acceptors (Lipinski definition) is 2. The first-order valence-corrected chi connectivity index (χ1v) is 8.77. The van der Waals surface area contributed by atoms with Crippen molar-refractivity contribution in [3.05, 3.63) is 30.3 Å². The molecule has 3 fully saturated rings. The van der Waals surface area contributed by atoms with Crippen LogP contribution in [0.5, 0.6) is 0 Å². The van der Waals surface area contributed by atoms with Crippen molar-refractivity contribution in [2.24, 2.45) is 5.41 Å². The Morgan fingerprint density at radius 1 is 1.16 bits per heavy atom. The molecule has 1 unspecified atom stereocenters. The maximum Gasteiger partial charge on any atom is 0.137 e. The third-order valence-electron chi connectivity index (χ3n) is 5.47. The zero-order valence-corrected chi connectivity index (χ0v) is 12.5. The van der Waals surface area contributed by atoms with Crippen molar-refractivity contribution >= 4 is 13.6 Å². The standard InChI is InChI=1S/C16H22NOP/c1-17-14-9-5-11-16(14)12-6-10-15(16)18-19(17)13-7-3-2-4-8-13/h2-4,7-8,14-15H,5-6,9-12H2,1H3/t14-,15-,16-,19?/m1/s1. The highest BCUT2D eigenvalue weighted by Crippen LogP contribution is 2.63. The lowest BCUT2D eigenvalue weighted by molar-refractivity contribution is 0.00995. The van der Waals surface area contributed by atoms with Crippen LogP contribution in [0.4, 0.5) is 0 Å². The topological polar surface area (TPSA) is 12.5 Å². The molecule has 0 amide bonds. The van der Waals surface area contributed by atoms with Crippen LogP contribution in [0.25, 0.3) is 0 Å². The lowest BCUT2D eigenvalue weighted by Gasteiger charge is -2.50. The Kier molecular flexibility index (Phi) is 2.95. The maximum atomic E-state index is 6.60. The molecule has 1 heterocycles. The van der Waals surface area contributed by atoms with Crippen molar-refractivity contribution in [1.82, 2.24) is 4.67 Å². The van der Waals surface area contributed by atoms with Gasteiger partial charge in [0.25, 0.3) is 0 Å². The molecule has 3 aliphatic rings. The predicted molar refractivity (Wildman–Crippen MR) is 79.6 cm³/mol. The van der Waals surface area contributed by atoms with Crippen LogP contribution in [-0.4, -0.2) is 23.9 Å². The molecule has 0 radical (unpaired) electrons. The number of nitrogens with zero attached hydrogens (tertiary/aromatic N) is 1. The van der Waals surface area contributed by atoms with Gasteiger partial charge in [0.2, 0.25) is 0 Å². The van der Waals surface area contributed by atoms with Gasteiger partial charge in [-0.15, -0.1) is 0 Å². The average Bonchev–Trinajstić information content (AvgIpc) is 3.05. The molecule has 2 nitrogen and oxygen atoms in total. The normalized spacial score (nSPS) is 42.1. The molecule has 4 rings (SSSR count). The summed E-state index contributed by atoms with van der Waals surface area (Å²) >= 11 is 0. The van der Waals surface area contributed by atoms with E-state index in [4.69, 9.17) is 4.52 Å². The summed E-state index contributed by atoms with van der Waals surface area (Å²) < 4.78 is 9.19. The Bertz CT molecular complexity index is 461. The van der Waals surface area contributed by atoms with Crippen LogP contribution in [-0.2, 0) is 4.52 Å². The third-order valence-corrected chi connectivity index (χ3v) is 7.52. The minimum Gasteiger partial charge on any atom is -0.336 e. The summed E-state index contributed by atoms with van der Waals surface area (Å²) in [5.41, 5.74) is 0.502. The van der Waals surface area contributed by atoms with Gasteiger partial charge >= 0.3 is 0 Å². The summed E-state index contributed by atoms with van der Waals surface area (Å²) in [6.07, 6.45) is 8.75. The lowest BCUT2D eigenvalue weighted by atomic mass is 9.79. The summed E-state index contributed by atoms with van der Waals surface area (Å²) in [6, 6.07) is 11.6. The maximum absolute atomic E-state index is 6.60. The van der Waals surface area contributed by atoms with E-state index in [1.54, 1.807) is 0 Å². The van der Waals surface area contributed by atoms with Gasteiger partial charge in [0, 0.05) is 16.8 Å². The molecular formula is C16H22NOP. The van der Waals surface area contributed by atoms with Crippen LogP contribution in [0.2, 0.25) is 0 Å². The largest absolute Gasteiger partial charge is 0.336 e. The molecule has 1 aromatic carbocycles. The van der Waals surface area contributed by atoms with Crippen molar-refractivity contribution in [1.29, 1.82) is 0 Å². The molecule has 1 aromatic rings. The molecule has 2 aliphatic carbocycles. The number of rotatable bonds is 1. The second-order valence-electron chi connectivity index (χ2n) is 6.31. The highest BCUT2D eigenvalue weighted by Gasteiger charge is 2.58. The second kappa shape index (κ2) is 4.55. The summed E-state index contributed by atoms with van der Waals surface area (Å²) in [7, 11) is 1.73. The fourth-order valence-electron chi connectivity index (χ4n) is 4.65. The molecule has 1 aliphatic heterocycles. The zero-order valence-electron chi connectivity index (χ0n) is 11.6. The first-order chi connectivity index (χ1) is 9.31. The highest BCUT2D eigenvalue weighted by atomic mass is 31.2. The van der Waals surface area contributed by atoms with Crippen LogP contribution in [0, 0.1) is 5.41 Å². The minimum atomic E-state index is -0.563. The van der Waals surface area contributed by atoms with E-state index < -0.39 is 8.30 Å². The van der Waals surface area contributed by atoms with Gasteiger partial charge in [-0.1, -0.05) is 43.2 Å². The van der Waals surface area contributed by atoms with Gasteiger partial charge in [-0.05, 0) is 32.7 Å². The van der Waals surface area contributed by atoms with Crippen molar-refractivity contribution in [2.75, 3.05) is 7.05 Å². The molecule has 0 N–H and O–H groups in total. The zero-order chi connectivity index (χ0) is 12.9. The molecule has 1 spiro atoms. The molecule has 1 saturated heterocycles. The first-order valence-electron chi connectivity index (χ1n) is 7.56. The molecule has 0 bridgehead atoms. The molecule has 4 atom stereocenters. The van der Waals surface area contributed by atoms with Gasteiger partial charge in [-0.2, -0.15) is 0 Å². The van der Waals surface area contributed by atoms with E-state index in [0.29, 0.717) is 11.5 Å². The second-order valence-corrected chi connectivity index (χ2v) is 8.21. The van der Waals surface area contributed by atoms with Crippen molar-refractivity contribution in [2.45, 2.75) is 50.7 Å². The summed E-state index contributed by atoms with van der Waals surface area (Å²) in [5.74, 6) is 0. The van der Waals surface area contributed by atoms with Gasteiger partial charge < -0.3 is 4.52 Å². The molecule has 102 valence electrons. The van der Waals surface area contributed by atoms with Gasteiger partial charge in [-0.3, -0.25) is 4.67 Å². The van der Waals surface area contributed by atoms with Crippen LogP contribution >= 0.6 is 8.30 Å². The summed E-state index contributed by atoms with van der Waals surface area (Å²) in [4.78, 5) is 0. The summed E-state index contributed by atoms with van der Waals surface area (Å²) in [6.45, 7) is 0.